The summed E-state index contributed by atoms with van der Waals surface area (Å²) in [6, 6.07) is 10.3. The molecule has 1 aliphatic rings. The molecule has 1 aliphatic carbocycles. The molecule has 1 nitrogen and oxygen atoms in total. The lowest BCUT2D eigenvalue weighted by Crippen LogP contribution is -2.40. The van der Waals surface area contributed by atoms with Crippen molar-refractivity contribution in [1.29, 1.82) is 0 Å². The fourth-order valence-electron chi connectivity index (χ4n) is 2.18. The van der Waals surface area contributed by atoms with Crippen LogP contribution in [-0.2, 0) is 6.42 Å². The summed E-state index contributed by atoms with van der Waals surface area (Å²) in [5, 5.41) is 10.3. The van der Waals surface area contributed by atoms with E-state index in [1.165, 1.54) is 24.8 Å². The highest BCUT2D eigenvalue weighted by Crippen LogP contribution is 2.37. The van der Waals surface area contributed by atoms with Crippen molar-refractivity contribution in [3.05, 3.63) is 35.9 Å². The first-order valence-electron chi connectivity index (χ1n) is 5.45. The zero-order valence-corrected chi connectivity index (χ0v) is 8.74. The monoisotopic (exact) mass is 190 g/mol. The first-order valence-corrected chi connectivity index (χ1v) is 5.45. The number of rotatable bonds is 3. The lowest BCUT2D eigenvalue weighted by molar-refractivity contribution is -0.0339. The van der Waals surface area contributed by atoms with Crippen LogP contribution in [-0.4, -0.2) is 10.7 Å². The molecule has 0 aliphatic heterocycles. The molecule has 1 aromatic carbocycles. The standard InChI is InChI=1S/C13H18O/c1-13(14,12-8-5-9-12)10-11-6-3-2-4-7-11/h2-4,6-7,12,14H,5,8-10H2,1H3. The van der Waals surface area contributed by atoms with E-state index in [-0.39, 0.29) is 0 Å². The molecule has 1 heteroatoms. The maximum atomic E-state index is 10.3. The van der Waals surface area contributed by atoms with Gasteiger partial charge < -0.3 is 5.11 Å². The van der Waals surface area contributed by atoms with Gasteiger partial charge in [0.1, 0.15) is 0 Å². The first-order chi connectivity index (χ1) is 6.68. The van der Waals surface area contributed by atoms with Gasteiger partial charge in [0.2, 0.25) is 0 Å². The summed E-state index contributed by atoms with van der Waals surface area (Å²) < 4.78 is 0. The highest BCUT2D eigenvalue weighted by molar-refractivity contribution is 5.17. The summed E-state index contributed by atoms with van der Waals surface area (Å²) in [5.74, 6) is 0.516. The molecule has 0 saturated heterocycles. The van der Waals surface area contributed by atoms with Crippen molar-refractivity contribution in [3.8, 4) is 0 Å². The fraction of sp³-hybridized carbons (Fsp3) is 0.538. The fourth-order valence-corrected chi connectivity index (χ4v) is 2.18. The molecule has 1 aromatic rings. The van der Waals surface area contributed by atoms with Gasteiger partial charge in [-0.1, -0.05) is 36.8 Å². The molecule has 1 saturated carbocycles. The maximum absolute atomic E-state index is 10.3. The topological polar surface area (TPSA) is 20.2 Å². The van der Waals surface area contributed by atoms with Gasteiger partial charge in [-0.15, -0.1) is 0 Å². The number of aliphatic hydroxyl groups is 1. The molecule has 0 aromatic heterocycles. The first kappa shape index (κ1) is 9.72. The third-order valence-electron chi connectivity index (χ3n) is 3.39. The molecule has 76 valence electrons. The molecule has 14 heavy (non-hydrogen) atoms. The summed E-state index contributed by atoms with van der Waals surface area (Å²) in [4.78, 5) is 0. The second kappa shape index (κ2) is 3.74. The molecule has 1 fully saturated rings. The van der Waals surface area contributed by atoms with E-state index in [0.717, 1.165) is 6.42 Å². The Labute approximate surface area is 85.8 Å². The number of hydrogen-bond donors (Lipinski definition) is 1. The van der Waals surface area contributed by atoms with E-state index in [1.807, 2.05) is 25.1 Å². The van der Waals surface area contributed by atoms with Crippen LogP contribution in [0.5, 0.6) is 0 Å². The Morgan fingerprint density at radius 1 is 1.29 bits per heavy atom. The van der Waals surface area contributed by atoms with Gasteiger partial charge >= 0.3 is 0 Å². The van der Waals surface area contributed by atoms with Crippen molar-refractivity contribution in [2.24, 2.45) is 5.92 Å². The Hall–Kier alpha value is -0.820. The SMILES string of the molecule is CC(O)(Cc1ccccc1)C1CCC1. The minimum absolute atomic E-state index is 0.500. The van der Waals surface area contributed by atoms with Crippen LogP contribution < -0.4 is 0 Å². The Balaban J connectivity index is 2.02. The summed E-state index contributed by atoms with van der Waals surface area (Å²) in [5.41, 5.74) is 0.740. The highest BCUT2D eigenvalue weighted by atomic mass is 16.3. The molecule has 0 heterocycles. The number of hydrogen-bond acceptors (Lipinski definition) is 1. The van der Waals surface area contributed by atoms with Gasteiger partial charge in [-0.2, -0.15) is 0 Å². The third kappa shape index (κ3) is 1.98. The minimum Gasteiger partial charge on any atom is -0.390 e. The van der Waals surface area contributed by atoms with Gasteiger partial charge in [0.15, 0.2) is 0 Å². The van der Waals surface area contributed by atoms with Crippen LogP contribution in [0.3, 0.4) is 0 Å². The Morgan fingerprint density at radius 3 is 2.43 bits per heavy atom. The van der Waals surface area contributed by atoms with Crippen molar-refractivity contribution in [1.82, 2.24) is 0 Å². The summed E-state index contributed by atoms with van der Waals surface area (Å²) in [7, 11) is 0. The smallest absolute Gasteiger partial charge is 0.0687 e. The average Bonchev–Trinajstić information content (AvgIpc) is 2.00. The highest BCUT2D eigenvalue weighted by Gasteiger charge is 2.35. The maximum Gasteiger partial charge on any atom is 0.0687 e. The van der Waals surface area contributed by atoms with E-state index in [4.69, 9.17) is 0 Å². The predicted molar refractivity (Wildman–Crippen MR) is 58.1 cm³/mol. The molecular weight excluding hydrogens is 172 g/mol. The predicted octanol–water partition coefficient (Wildman–Crippen LogP) is 2.78. The van der Waals surface area contributed by atoms with Crippen LogP contribution in [0.15, 0.2) is 30.3 Å². The van der Waals surface area contributed by atoms with E-state index in [0.29, 0.717) is 5.92 Å². The zero-order chi connectivity index (χ0) is 10.0. The molecule has 2 rings (SSSR count). The van der Waals surface area contributed by atoms with E-state index < -0.39 is 5.60 Å². The van der Waals surface area contributed by atoms with E-state index in [1.54, 1.807) is 0 Å². The van der Waals surface area contributed by atoms with Crippen LogP contribution in [0.25, 0.3) is 0 Å². The van der Waals surface area contributed by atoms with Crippen LogP contribution >= 0.6 is 0 Å². The van der Waals surface area contributed by atoms with E-state index >= 15 is 0 Å². The van der Waals surface area contributed by atoms with Crippen LogP contribution in [0.4, 0.5) is 0 Å². The van der Waals surface area contributed by atoms with Crippen molar-refractivity contribution in [2.75, 3.05) is 0 Å². The summed E-state index contributed by atoms with van der Waals surface area (Å²) in [6.45, 7) is 1.98. The van der Waals surface area contributed by atoms with Gasteiger partial charge in [0.25, 0.3) is 0 Å². The Kier molecular flexibility index (Phi) is 2.60. The van der Waals surface area contributed by atoms with Crippen molar-refractivity contribution < 1.29 is 5.11 Å². The van der Waals surface area contributed by atoms with Crippen molar-refractivity contribution in [3.63, 3.8) is 0 Å². The van der Waals surface area contributed by atoms with Crippen molar-refractivity contribution >= 4 is 0 Å². The largest absolute Gasteiger partial charge is 0.390 e. The normalized spacial score (nSPS) is 21.3. The molecule has 0 radical (unpaired) electrons. The second-order valence-electron chi connectivity index (χ2n) is 4.65. The van der Waals surface area contributed by atoms with Gasteiger partial charge in [-0.05, 0) is 31.2 Å². The van der Waals surface area contributed by atoms with E-state index in [9.17, 15) is 5.11 Å². The average molecular weight is 190 g/mol. The van der Waals surface area contributed by atoms with Crippen molar-refractivity contribution in [2.45, 2.75) is 38.2 Å². The molecule has 1 unspecified atom stereocenters. The number of benzene rings is 1. The lowest BCUT2D eigenvalue weighted by atomic mass is 9.71. The van der Waals surface area contributed by atoms with Crippen LogP contribution in [0, 0.1) is 5.92 Å². The quantitative estimate of drug-likeness (QED) is 0.777. The summed E-state index contributed by atoms with van der Waals surface area (Å²) in [6.07, 6.45) is 4.47. The Bertz CT molecular complexity index is 285. The van der Waals surface area contributed by atoms with Gasteiger partial charge in [0, 0.05) is 6.42 Å². The molecule has 1 N–H and O–H groups in total. The molecule has 1 atom stereocenters. The molecule has 0 bridgehead atoms. The zero-order valence-electron chi connectivity index (χ0n) is 8.74. The minimum atomic E-state index is -0.500. The Morgan fingerprint density at radius 2 is 1.93 bits per heavy atom. The van der Waals surface area contributed by atoms with Crippen LogP contribution in [0.2, 0.25) is 0 Å². The molecular formula is C13H18O. The lowest BCUT2D eigenvalue weighted by Gasteiger charge is -2.39. The van der Waals surface area contributed by atoms with Gasteiger partial charge in [-0.25, -0.2) is 0 Å². The third-order valence-corrected chi connectivity index (χ3v) is 3.39. The van der Waals surface area contributed by atoms with Crippen LogP contribution in [0.1, 0.15) is 31.7 Å². The van der Waals surface area contributed by atoms with Gasteiger partial charge in [0.05, 0.1) is 5.60 Å². The summed E-state index contributed by atoms with van der Waals surface area (Å²) >= 11 is 0. The molecule has 0 spiro atoms. The molecule has 0 amide bonds. The van der Waals surface area contributed by atoms with E-state index in [2.05, 4.69) is 12.1 Å². The second-order valence-corrected chi connectivity index (χ2v) is 4.65. The van der Waals surface area contributed by atoms with Gasteiger partial charge in [-0.3, -0.25) is 0 Å².